The molecule has 0 unspecified atom stereocenters. The average Bonchev–Trinajstić information content (AvgIpc) is 2.38. The maximum Gasteiger partial charge on any atom is 0.344 e. The topological polar surface area (TPSA) is 60.4 Å². The lowest BCUT2D eigenvalue weighted by molar-refractivity contribution is 0.557. The van der Waals surface area contributed by atoms with Crippen LogP contribution >= 0.6 is 0 Å². The van der Waals surface area contributed by atoms with Gasteiger partial charge in [-0.1, -0.05) is 12.1 Å². The molecule has 18 heavy (non-hydrogen) atoms. The lowest BCUT2D eigenvalue weighted by Gasteiger charge is -2.06. The van der Waals surface area contributed by atoms with Crippen LogP contribution in [0.4, 0.5) is 0 Å². The van der Waals surface area contributed by atoms with Crippen molar-refractivity contribution in [2.45, 2.75) is 0 Å². The van der Waals surface area contributed by atoms with Crippen LogP contribution in [0.25, 0.3) is 32.7 Å². The van der Waals surface area contributed by atoms with E-state index in [1.54, 1.807) is 36.4 Å². The van der Waals surface area contributed by atoms with E-state index in [1.807, 2.05) is 0 Å². The van der Waals surface area contributed by atoms with Gasteiger partial charge in [0.1, 0.15) is 11.2 Å². The normalized spacial score (nSPS) is 11.8. The Morgan fingerprint density at radius 3 is 1.72 bits per heavy atom. The molecule has 2 heterocycles. The fourth-order valence-corrected chi connectivity index (χ4v) is 2.40. The summed E-state index contributed by atoms with van der Waals surface area (Å²) in [5, 5.41) is 2.12. The van der Waals surface area contributed by atoms with Gasteiger partial charge in [0.2, 0.25) is 0 Å². The van der Waals surface area contributed by atoms with Crippen molar-refractivity contribution >= 4 is 32.7 Å². The minimum atomic E-state index is -0.439. The third-order valence-electron chi connectivity index (χ3n) is 3.15. The largest absolute Gasteiger partial charge is 0.422 e. The molecule has 0 aliphatic heterocycles. The van der Waals surface area contributed by atoms with Gasteiger partial charge in [-0.25, -0.2) is 9.59 Å². The van der Waals surface area contributed by atoms with Crippen molar-refractivity contribution in [3.8, 4) is 0 Å². The van der Waals surface area contributed by atoms with Crippen molar-refractivity contribution in [2.75, 3.05) is 0 Å². The van der Waals surface area contributed by atoms with E-state index in [1.165, 1.54) is 0 Å². The summed E-state index contributed by atoms with van der Waals surface area (Å²) in [6, 6.07) is 10.0. The maximum absolute atomic E-state index is 11.9. The molecule has 0 bridgehead atoms. The van der Waals surface area contributed by atoms with E-state index < -0.39 is 11.3 Å². The first kappa shape index (κ1) is 9.41. The standard InChI is InChI=1S/C14H6O4/c15-13-7-3-1-4-8-11(7)12-9(17-13)5-2-6-10(12)18-14(8)16/h1-6H. The first-order valence-electron chi connectivity index (χ1n) is 5.46. The Balaban J connectivity index is 2.60. The summed E-state index contributed by atoms with van der Waals surface area (Å²) in [5.74, 6) is 0. The molecule has 4 rings (SSSR count). The fraction of sp³-hybridized carbons (Fsp3) is 0. The molecule has 0 fully saturated rings. The zero-order valence-electron chi connectivity index (χ0n) is 9.10. The van der Waals surface area contributed by atoms with Crippen molar-refractivity contribution in [2.24, 2.45) is 0 Å². The first-order valence-corrected chi connectivity index (χ1v) is 5.46. The molecule has 0 radical (unpaired) electrons. The second-order valence-electron chi connectivity index (χ2n) is 4.14. The summed E-state index contributed by atoms with van der Waals surface area (Å²) in [5.41, 5.74) is -0.00713. The van der Waals surface area contributed by atoms with Crippen LogP contribution in [0.1, 0.15) is 0 Å². The summed E-state index contributed by atoms with van der Waals surface area (Å²) in [7, 11) is 0. The van der Waals surface area contributed by atoms with Crippen LogP contribution in [0, 0.1) is 0 Å². The zero-order valence-corrected chi connectivity index (χ0v) is 9.10. The molecule has 0 amide bonds. The van der Waals surface area contributed by atoms with E-state index in [2.05, 4.69) is 0 Å². The highest BCUT2D eigenvalue weighted by atomic mass is 16.4. The molecule has 2 aromatic carbocycles. The summed E-state index contributed by atoms with van der Waals surface area (Å²) in [4.78, 5) is 23.7. The molecule has 0 saturated heterocycles. The van der Waals surface area contributed by atoms with Crippen molar-refractivity contribution in [1.82, 2.24) is 0 Å². The van der Waals surface area contributed by atoms with Crippen LogP contribution in [-0.4, -0.2) is 0 Å². The molecular weight excluding hydrogens is 232 g/mol. The van der Waals surface area contributed by atoms with E-state index >= 15 is 0 Å². The van der Waals surface area contributed by atoms with Gasteiger partial charge in [-0.2, -0.15) is 0 Å². The Morgan fingerprint density at radius 2 is 1.17 bits per heavy atom. The summed E-state index contributed by atoms with van der Waals surface area (Å²) in [6.07, 6.45) is 0. The fourth-order valence-electron chi connectivity index (χ4n) is 2.40. The Labute approximate surface area is 99.4 Å². The van der Waals surface area contributed by atoms with E-state index in [4.69, 9.17) is 8.83 Å². The molecule has 0 spiro atoms. The van der Waals surface area contributed by atoms with Gasteiger partial charge in [-0.05, 0) is 24.3 Å². The smallest absolute Gasteiger partial charge is 0.344 e. The molecule has 0 N–H and O–H groups in total. The second-order valence-corrected chi connectivity index (χ2v) is 4.14. The third kappa shape index (κ3) is 0.996. The number of benzene rings is 2. The second kappa shape index (κ2) is 2.98. The molecular formula is C14H6O4. The van der Waals surface area contributed by atoms with Crippen molar-refractivity contribution in [3.63, 3.8) is 0 Å². The SMILES string of the molecule is O=c1oc2cccc3oc(=O)c4cccc1c4c23. The van der Waals surface area contributed by atoms with Crippen molar-refractivity contribution < 1.29 is 8.83 Å². The summed E-state index contributed by atoms with van der Waals surface area (Å²) < 4.78 is 10.5. The van der Waals surface area contributed by atoms with E-state index in [0.29, 0.717) is 32.7 Å². The van der Waals surface area contributed by atoms with Gasteiger partial charge < -0.3 is 8.83 Å². The van der Waals surface area contributed by atoms with Gasteiger partial charge in [0.15, 0.2) is 0 Å². The van der Waals surface area contributed by atoms with Gasteiger partial charge >= 0.3 is 11.3 Å². The van der Waals surface area contributed by atoms with Crippen LogP contribution in [0.15, 0.2) is 54.8 Å². The Morgan fingerprint density at radius 1 is 0.667 bits per heavy atom. The zero-order chi connectivity index (χ0) is 12.3. The van der Waals surface area contributed by atoms with Crippen LogP contribution in [0.2, 0.25) is 0 Å². The minimum Gasteiger partial charge on any atom is -0.422 e. The molecule has 4 aromatic rings. The van der Waals surface area contributed by atoms with Crippen LogP contribution in [0.3, 0.4) is 0 Å². The van der Waals surface area contributed by atoms with E-state index in [0.717, 1.165) is 0 Å². The maximum atomic E-state index is 11.9. The predicted molar refractivity (Wildman–Crippen MR) is 67.2 cm³/mol. The Kier molecular flexibility index (Phi) is 1.56. The number of hydrogen-bond donors (Lipinski definition) is 0. The summed E-state index contributed by atoms with van der Waals surface area (Å²) in [6.45, 7) is 0. The number of rotatable bonds is 0. The summed E-state index contributed by atoms with van der Waals surface area (Å²) >= 11 is 0. The van der Waals surface area contributed by atoms with Gasteiger partial charge in [0.05, 0.1) is 16.2 Å². The Bertz CT molecular complexity index is 932. The molecule has 0 aliphatic rings. The van der Waals surface area contributed by atoms with Gasteiger partial charge in [-0.3, -0.25) is 0 Å². The van der Waals surface area contributed by atoms with Crippen LogP contribution < -0.4 is 11.3 Å². The highest BCUT2D eigenvalue weighted by molar-refractivity contribution is 6.18. The van der Waals surface area contributed by atoms with Crippen LogP contribution in [0.5, 0.6) is 0 Å². The highest BCUT2D eigenvalue weighted by Gasteiger charge is 2.15. The molecule has 4 nitrogen and oxygen atoms in total. The number of hydrogen-bond acceptors (Lipinski definition) is 4. The average molecular weight is 238 g/mol. The lowest BCUT2D eigenvalue weighted by atomic mass is 10.0. The van der Waals surface area contributed by atoms with Crippen molar-refractivity contribution in [3.05, 3.63) is 57.2 Å². The third-order valence-corrected chi connectivity index (χ3v) is 3.15. The monoisotopic (exact) mass is 238 g/mol. The highest BCUT2D eigenvalue weighted by Crippen LogP contribution is 2.30. The van der Waals surface area contributed by atoms with Gasteiger partial charge in [0, 0.05) is 5.39 Å². The van der Waals surface area contributed by atoms with Crippen molar-refractivity contribution in [1.29, 1.82) is 0 Å². The molecule has 86 valence electrons. The molecule has 4 heteroatoms. The van der Waals surface area contributed by atoms with E-state index in [9.17, 15) is 9.59 Å². The first-order chi connectivity index (χ1) is 8.75. The molecule has 0 atom stereocenters. The molecule has 0 saturated carbocycles. The Hall–Kier alpha value is -2.62. The molecule has 0 aliphatic carbocycles. The predicted octanol–water partition coefficient (Wildman–Crippen LogP) is 2.49. The molecule has 2 aromatic heterocycles. The van der Waals surface area contributed by atoms with Gasteiger partial charge in [0.25, 0.3) is 0 Å². The minimum absolute atomic E-state index is 0.407. The quantitative estimate of drug-likeness (QED) is 0.349. The lowest BCUT2D eigenvalue weighted by Crippen LogP contribution is -2.06. The van der Waals surface area contributed by atoms with Crippen LogP contribution in [-0.2, 0) is 0 Å². The van der Waals surface area contributed by atoms with E-state index in [-0.39, 0.29) is 0 Å². The van der Waals surface area contributed by atoms with Gasteiger partial charge in [-0.15, -0.1) is 0 Å².